The van der Waals surface area contributed by atoms with E-state index in [1.165, 1.54) is 0 Å². The Kier molecular flexibility index (Phi) is 5.88. The molecule has 0 atom stereocenters. The van der Waals surface area contributed by atoms with Gasteiger partial charge in [0.1, 0.15) is 11.5 Å². The molecule has 0 amide bonds. The third-order valence-electron chi connectivity index (χ3n) is 6.01. The Morgan fingerprint density at radius 3 is 2.66 bits per heavy atom. The quantitative estimate of drug-likeness (QED) is 0.649. The average molecular weight is 431 g/mol. The summed E-state index contributed by atoms with van der Waals surface area (Å²) in [6.07, 6.45) is 8.47. The first-order valence-corrected chi connectivity index (χ1v) is 11.3. The molecular weight excluding hydrogens is 400 g/mol. The van der Waals surface area contributed by atoms with E-state index in [9.17, 15) is 4.79 Å². The highest BCUT2D eigenvalue weighted by atomic mass is 16.5. The van der Waals surface area contributed by atoms with Gasteiger partial charge in [0, 0.05) is 38.1 Å². The third-order valence-corrected chi connectivity index (χ3v) is 6.01. The number of ether oxygens (including phenoxy) is 1. The average Bonchev–Trinajstić information content (AvgIpc) is 2.83. The van der Waals surface area contributed by atoms with E-state index in [0.29, 0.717) is 30.8 Å². The van der Waals surface area contributed by atoms with Crippen LogP contribution in [0.25, 0.3) is 16.7 Å². The van der Waals surface area contributed by atoms with E-state index in [0.717, 1.165) is 54.4 Å². The molecule has 32 heavy (non-hydrogen) atoms. The summed E-state index contributed by atoms with van der Waals surface area (Å²) >= 11 is 0. The molecule has 2 aromatic heterocycles. The van der Waals surface area contributed by atoms with Crippen LogP contribution in [0.15, 0.2) is 71.2 Å². The molecule has 1 aromatic carbocycles. The molecule has 3 aromatic rings. The van der Waals surface area contributed by atoms with E-state index in [1.807, 2.05) is 37.3 Å². The van der Waals surface area contributed by atoms with E-state index < -0.39 is 0 Å². The molecule has 5 rings (SSSR count). The normalized spacial score (nSPS) is 16.8. The first-order valence-electron chi connectivity index (χ1n) is 11.3. The maximum atomic E-state index is 13.8. The number of morpholine rings is 1. The zero-order valence-corrected chi connectivity index (χ0v) is 18.4. The largest absolute Gasteiger partial charge is 0.379 e. The SMILES string of the molecule is Cc1ccc2c(=O)c(CN3CCOCC3)c(NC3=CCCC=C3)n(-c3ccccc3)c2n1.[HH]. The number of allylic oxidation sites excluding steroid dienone is 3. The molecule has 0 unspecified atom stereocenters. The fourth-order valence-corrected chi connectivity index (χ4v) is 4.33. The van der Waals surface area contributed by atoms with Crippen molar-refractivity contribution in [3.63, 3.8) is 0 Å². The summed E-state index contributed by atoms with van der Waals surface area (Å²) in [6, 6.07) is 14.0. The lowest BCUT2D eigenvalue weighted by molar-refractivity contribution is 0.0341. The zero-order valence-electron chi connectivity index (χ0n) is 18.4. The summed E-state index contributed by atoms with van der Waals surface area (Å²) in [6.45, 7) is 5.54. The molecule has 0 spiro atoms. The van der Waals surface area contributed by atoms with Crippen molar-refractivity contribution >= 4 is 16.9 Å². The van der Waals surface area contributed by atoms with Gasteiger partial charge in [-0.3, -0.25) is 14.3 Å². The highest BCUT2D eigenvalue weighted by molar-refractivity contribution is 5.82. The van der Waals surface area contributed by atoms with Gasteiger partial charge < -0.3 is 10.1 Å². The van der Waals surface area contributed by atoms with Crippen LogP contribution < -0.4 is 10.7 Å². The molecule has 0 saturated carbocycles. The van der Waals surface area contributed by atoms with Crippen molar-refractivity contribution in [2.24, 2.45) is 0 Å². The van der Waals surface area contributed by atoms with Crippen LogP contribution in [0.3, 0.4) is 0 Å². The molecule has 166 valence electrons. The van der Waals surface area contributed by atoms with Crippen molar-refractivity contribution in [1.29, 1.82) is 0 Å². The van der Waals surface area contributed by atoms with Gasteiger partial charge in [-0.15, -0.1) is 0 Å². The molecule has 3 heterocycles. The second kappa shape index (κ2) is 9.10. The number of rotatable bonds is 5. The minimum absolute atomic E-state index is 0. The smallest absolute Gasteiger partial charge is 0.197 e. The number of para-hydroxylation sites is 1. The summed E-state index contributed by atoms with van der Waals surface area (Å²) in [7, 11) is 0. The van der Waals surface area contributed by atoms with Crippen molar-refractivity contribution in [1.82, 2.24) is 14.5 Å². The van der Waals surface area contributed by atoms with Crippen molar-refractivity contribution in [3.8, 4) is 5.69 Å². The molecular formula is C26H30N4O2. The number of aromatic nitrogens is 2. The van der Waals surface area contributed by atoms with Crippen LogP contribution in [-0.2, 0) is 11.3 Å². The van der Waals surface area contributed by atoms with E-state index in [1.54, 1.807) is 0 Å². The Labute approximate surface area is 189 Å². The van der Waals surface area contributed by atoms with Crippen LogP contribution in [0.5, 0.6) is 0 Å². The second-order valence-corrected chi connectivity index (χ2v) is 8.30. The van der Waals surface area contributed by atoms with Gasteiger partial charge in [0.2, 0.25) is 0 Å². The Hall–Kier alpha value is -3.22. The van der Waals surface area contributed by atoms with Crippen LogP contribution in [-0.4, -0.2) is 40.8 Å². The third kappa shape index (κ3) is 4.11. The number of nitrogens with zero attached hydrogens (tertiary/aromatic N) is 3. The number of hydrogen-bond acceptors (Lipinski definition) is 5. The summed E-state index contributed by atoms with van der Waals surface area (Å²) in [5, 5.41) is 4.24. The lowest BCUT2D eigenvalue weighted by Gasteiger charge is -2.29. The van der Waals surface area contributed by atoms with Gasteiger partial charge in [0.25, 0.3) is 0 Å². The van der Waals surface area contributed by atoms with Crippen molar-refractivity contribution in [2.45, 2.75) is 26.3 Å². The summed E-state index contributed by atoms with van der Waals surface area (Å²) in [4.78, 5) is 20.9. The lowest BCUT2D eigenvalue weighted by Crippen LogP contribution is -2.37. The lowest BCUT2D eigenvalue weighted by atomic mass is 10.1. The highest BCUT2D eigenvalue weighted by Gasteiger charge is 2.23. The topological polar surface area (TPSA) is 59.4 Å². The van der Waals surface area contributed by atoms with E-state index >= 15 is 0 Å². The number of anilines is 1. The molecule has 2 aliphatic rings. The molecule has 6 heteroatoms. The van der Waals surface area contributed by atoms with Gasteiger partial charge in [-0.2, -0.15) is 0 Å². The molecule has 1 N–H and O–H groups in total. The van der Waals surface area contributed by atoms with Gasteiger partial charge in [-0.25, -0.2) is 4.98 Å². The van der Waals surface area contributed by atoms with Gasteiger partial charge in [-0.1, -0.05) is 30.4 Å². The minimum Gasteiger partial charge on any atom is -0.379 e. The summed E-state index contributed by atoms with van der Waals surface area (Å²) in [5.74, 6) is 0.788. The van der Waals surface area contributed by atoms with Crippen LogP contribution in [0.4, 0.5) is 5.82 Å². The molecule has 6 nitrogen and oxygen atoms in total. The Bertz CT molecular complexity index is 1240. The Morgan fingerprint density at radius 1 is 1.09 bits per heavy atom. The Balaban J connectivity index is 0.00000259. The van der Waals surface area contributed by atoms with Crippen molar-refractivity contribution < 1.29 is 6.16 Å². The van der Waals surface area contributed by atoms with Crippen LogP contribution >= 0.6 is 0 Å². The number of pyridine rings is 2. The number of hydrogen-bond donors (Lipinski definition) is 1. The first-order chi connectivity index (χ1) is 15.7. The van der Waals surface area contributed by atoms with Crippen molar-refractivity contribution in [3.05, 3.63) is 87.9 Å². The molecule has 1 saturated heterocycles. The highest BCUT2D eigenvalue weighted by Crippen LogP contribution is 2.28. The van der Waals surface area contributed by atoms with E-state index in [-0.39, 0.29) is 6.86 Å². The second-order valence-electron chi connectivity index (χ2n) is 8.30. The first kappa shape index (κ1) is 20.7. The van der Waals surface area contributed by atoms with Gasteiger partial charge in [-0.05, 0) is 50.1 Å². The van der Waals surface area contributed by atoms with Crippen molar-refractivity contribution in [2.75, 3.05) is 31.6 Å². The monoisotopic (exact) mass is 430 g/mol. The zero-order chi connectivity index (χ0) is 21.9. The maximum Gasteiger partial charge on any atom is 0.197 e. The predicted molar refractivity (Wildman–Crippen MR) is 130 cm³/mol. The standard InChI is InChI=1S/C26H28N4O2.H2/c1-19-12-13-22-24(31)23(18-29-14-16-32-17-15-29)26(28-20-8-4-2-5-9-20)30(25(22)27-19)21-10-6-3-7-11-21;/h3-4,6-13,28H,2,5,14-18H2,1H3;1H. The van der Waals surface area contributed by atoms with Crippen LogP contribution in [0.2, 0.25) is 0 Å². The van der Waals surface area contributed by atoms with Gasteiger partial charge >= 0.3 is 0 Å². The molecule has 1 fully saturated rings. The summed E-state index contributed by atoms with van der Waals surface area (Å²) < 4.78 is 7.63. The van der Waals surface area contributed by atoms with Crippen LogP contribution in [0, 0.1) is 6.92 Å². The fraction of sp³-hybridized carbons (Fsp3) is 0.308. The molecule has 0 radical (unpaired) electrons. The van der Waals surface area contributed by atoms with Gasteiger partial charge in [0.15, 0.2) is 5.43 Å². The summed E-state index contributed by atoms with van der Waals surface area (Å²) in [5.41, 5.74) is 4.33. The van der Waals surface area contributed by atoms with E-state index in [4.69, 9.17) is 9.72 Å². The number of fused-ring (bicyclic) bond motifs is 1. The minimum atomic E-state index is 0. The molecule has 1 aliphatic carbocycles. The number of nitrogens with one attached hydrogen (secondary N) is 1. The fourth-order valence-electron chi connectivity index (χ4n) is 4.33. The molecule has 0 bridgehead atoms. The molecule has 1 aliphatic heterocycles. The van der Waals surface area contributed by atoms with Crippen LogP contribution in [0.1, 0.15) is 25.5 Å². The number of benzene rings is 1. The van der Waals surface area contributed by atoms with Gasteiger partial charge in [0.05, 0.1) is 24.2 Å². The Morgan fingerprint density at radius 2 is 1.91 bits per heavy atom. The maximum absolute atomic E-state index is 13.8. The predicted octanol–water partition coefficient (Wildman–Crippen LogP) is 4.42. The number of aryl methyl sites for hydroxylation is 1. The van der Waals surface area contributed by atoms with E-state index in [2.05, 4.69) is 45.1 Å².